The van der Waals surface area contributed by atoms with Crippen molar-refractivity contribution in [1.29, 1.82) is 0 Å². The number of nitrogens with one attached hydrogen (secondary N) is 1. The van der Waals surface area contributed by atoms with Gasteiger partial charge >= 0.3 is 0 Å². The van der Waals surface area contributed by atoms with Crippen LogP contribution >= 0.6 is 0 Å². The maximum Gasteiger partial charge on any atom is 0.254 e. The van der Waals surface area contributed by atoms with E-state index in [1.54, 1.807) is 7.11 Å². The van der Waals surface area contributed by atoms with Gasteiger partial charge in [-0.3, -0.25) is 4.79 Å². The van der Waals surface area contributed by atoms with Gasteiger partial charge < -0.3 is 19.7 Å². The lowest BCUT2D eigenvalue weighted by molar-refractivity contribution is 0.0635. The Bertz CT molecular complexity index is 817. The molecule has 0 aliphatic carbocycles. The van der Waals surface area contributed by atoms with E-state index in [4.69, 9.17) is 9.47 Å². The van der Waals surface area contributed by atoms with Crippen LogP contribution in [0.4, 0.5) is 5.69 Å². The Hall–Kier alpha value is -2.69. The molecule has 1 fully saturated rings. The molecule has 1 amide bonds. The average Bonchev–Trinajstić information content (AvgIpc) is 2.73. The van der Waals surface area contributed by atoms with Gasteiger partial charge in [0.25, 0.3) is 5.91 Å². The smallest absolute Gasteiger partial charge is 0.254 e. The lowest BCUT2D eigenvalue weighted by Gasteiger charge is -2.33. The third kappa shape index (κ3) is 5.43. The molecule has 2 aromatic carbocycles. The maximum atomic E-state index is 12.8. The molecule has 1 N–H and O–H groups in total. The van der Waals surface area contributed by atoms with Gasteiger partial charge in [0.2, 0.25) is 0 Å². The van der Waals surface area contributed by atoms with Gasteiger partial charge in [0, 0.05) is 30.4 Å². The minimum atomic E-state index is 0.0991. The maximum absolute atomic E-state index is 12.8. The summed E-state index contributed by atoms with van der Waals surface area (Å²) in [6.07, 6.45) is 3.50. The number of piperidine rings is 1. The van der Waals surface area contributed by atoms with Gasteiger partial charge in [-0.2, -0.15) is 0 Å². The zero-order valence-corrected chi connectivity index (χ0v) is 17.9. The molecule has 1 aliphatic heterocycles. The molecule has 0 radical (unpaired) electrons. The van der Waals surface area contributed by atoms with Crippen LogP contribution in [0, 0.1) is 0 Å². The molecule has 0 bridgehead atoms. The fraction of sp³-hybridized carbons (Fsp3) is 0.458. The van der Waals surface area contributed by atoms with Crippen LogP contribution in [-0.2, 0) is 6.54 Å². The summed E-state index contributed by atoms with van der Waals surface area (Å²) in [6.45, 7) is 7.65. The molecule has 1 aliphatic rings. The summed E-state index contributed by atoms with van der Waals surface area (Å²) in [5.74, 6) is 1.62. The topological polar surface area (TPSA) is 50.8 Å². The van der Waals surface area contributed by atoms with Crippen LogP contribution in [0.15, 0.2) is 42.5 Å². The van der Waals surface area contributed by atoms with E-state index in [2.05, 4.69) is 12.2 Å². The number of carbonyl (C=O) groups excluding carboxylic acids is 1. The van der Waals surface area contributed by atoms with Gasteiger partial charge in [0.1, 0.15) is 0 Å². The van der Waals surface area contributed by atoms with Crippen molar-refractivity contribution in [3.8, 4) is 11.5 Å². The van der Waals surface area contributed by atoms with Crippen molar-refractivity contribution in [2.24, 2.45) is 0 Å². The van der Waals surface area contributed by atoms with Crippen molar-refractivity contribution in [3.05, 3.63) is 53.6 Å². The van der Waals surface area contributed by atoms with Crippen molar-refractivity contribution in [2.75, 3.05) is 19.0 Å². The first-order valence-electron chi connectivity index (χ1n) is 10.5. The van der Waals surface area contributed by atoms with Gasteiger partial charge in [-0.15, -0.1) is 0 Å². The average molecular weight is 397 g/mol. The van der Waals surface area contributed by atoms with Crippen LogP contribution in [0.25, 0.3) is 0 Å². The predicted molar refractivity (Wildman–Crippen MR) is 117 cm³/mol. The van der Waals surface area contributed by atoms with E-state index in [0.717, 1.165) is 47.7 Å². The molecule has 1 saturated heterocycles. The molecule has 0 aromatic heterocycles. The van der Waals surface area contributed by atoms with Crippen LogP contribution in [0.3, 0.4) is 0 Å². The predicted octanol–water partition coefficient (Wildman–Crippen LogP) is 5.11. The molecule has 1 atom stereocenters. The third-order valence-corrected chi connectivity index (χ3v) is 5.28. The van der Waals surface area contributed by atoms with Crippen LogP contribution < -0.4 is 14.8 Å². The van der Waals surface area contributed by atoms with Gasteiger partial charge in [0.05, 0.1) is 13.2 Å². The number of amides is 1. The van der Waals surface area contributed by atoms with Crippen molar-refractivity contribution in [2.45, 2.75) is 58.7 Å². The van der Waals surface area contributed by atoms with E-state index < -0.39 is 0 Å². The highest BCUT2D eigenvalue weighted by Gasteiger charge is 2.23. The summed E-state index contributed by atoms with van der Waals surface area (Å²) in [4.78, 5) is 14.8. The van der Waals surface area contributed by atoms with Crippen molar-refractivity contribution in [1.82, 2.24) is 4.90 Å². The van der Waals surface area contributed by atoms with E-state index >= 15 is 0 Å². The highest BCUT2D eigenvalue weighted by molar-refractivity contribution is 5.94. The van der Waals surface area contributed by atoms with E-state index in [1.165, 1.54) is 6.42 Å². The number of hydrogen-bond acceptors (Lipinski definition) is 4. The highest BCUT2D eigenvalue weighted by Crippen LogP contribution is 2.29. The second-order valence-corrected chi connectivity index (χ2v) is 7.93. The summed E-state index contributed by atoms with van der Waals surface area (Å²) in [5.41, 5.74) is 2.83. The van der Waals surface area contributed by atoms with E-state index in [9.17, 15) is 4.79 Å². The molecule has 2 aromatic rings. The number of methoxy groups -OCH3 is 1. The van der Waals surface area contributed by atoms with E-state index in [0.29, 0.717) is 12.6 Å². The number of ether oxygens (including phenoxy) is 2. The Labute approximate surface area is 174 Å². The van der Waals surface area contributed by atoms with E-state index in [-0.39, 0.29) is 12.0 Å². The fourth-order valence-corrected chi connectivity index (χ4v) is 3.67. The van der Waals surface area contributed by atoms with Gasteiger partial charge in [0.15, 0.2) is 11.5 Å². The number of likely N-dealkylation sites (tertiary alicyclic amines) is 1. The molecular weight excluding hydrogens is 364 g/mol. The first-order chi connectivity index (χ1) is 14.0. The van der Waals surface area contributed by atoms with E-state index in [1.807, 2.05) is 61.2 Å². The summed E-state index contributed by atoms with van der Waals surface area (Å²) in [7, 11) is 1.65. The van der Waals surface area contributed by atoms with Crippen molar-refractivity contribution < 1.29 is 14.3 Å². The Morgan fingerprint density at radius 1 is 1.14 bits per heavy atom. The second-order valence-electron chi connectivity index (χ2n) is 7.93. The Balaban J connectivity index is 1.61. The quantitative estimate of drug-likeness (QED) is 0.707. The molecule has 1 heterocycles. The van der Waals surface area contributed by atoms with Gasteiger partial charge in [-0.05, 0) is 82.0 Å². The number of hydrogen-bond donors (Lipinski definition) is 1. The Kier molecular flexibility index (Phi) is 7.02. The molecule has 3 rings (SSSR count). The van der Waals surface area contributed by atoms with Crippen LogP contribution in [0.1, 0.15) is 56.0 Å². The first-order valence-corrected chi connectivity index (χ1v) is 10.5. The van der Waals surface area contributed by atoms with Crippen LogP contribution in [0.5, 0.6) is 11.5 Å². The molecule has 0 spiro atoms. The monoisotopic (exact) mass is 396 g/mol. The van der Waals surface area contributed by atoms with Crippen molar-refractivity contribution in [3.63, 3.8) is 0 Å². The largest absolute Gasteiger partial charge is 0.493 e. The minimum Gasteiger partial charge on any atom is -0.493 e. The molecular formula is C24H32N2O3. The molecule has 5 heteroatoms. The van der Waals surface area contributed by atoms with Gasteiger partial charge in [-0.25, -0.2) is 0 Å². The SMILES string of the molecule is COc1cc(CNc2ccc(C(=O)N3CCCC[C@H]3C)cc2)ccc1OC(C)C. The zero-order valence-electron chi connectivity index (χ0n) is 17.9. The normalized spacial score (nSPS) is 16.6. The fourth-order valence-electron chi connectivity index (χ4n) is 3.67. The molecule has 29 heavy (non-hydrogen) atoms. The standard InChI is InChI=1S/C24H32N2O3/c1-17(2)29-22-13-8-19(15-23(22)28-4)16-25-21-11-9-20(10-12-21)24(27)26-14-6-5-7-18(26)3/h8-13,15,17-18,25H,5-7,14,16H2,1-4H3/t18-/m1/s1. The molecule has 5 nitrogen and oxygen atoms in total. The van der Waals surface area contributed by atoms with Crippen LogP contribution in [-0.4, -0.2) is 36.6 Å². The van der Waals surface area contributed by atoms with Crippen LogP contribution in [0.2, 0.25) is 0 Å². The lowest BCUT2D eigenvalue weighted by atomic mass is 10.0. The summed E-state index contributed by atoms with van der Waals surface area (Å²) in [6, 6.07) is 14.0. The number of carbonyl (C=O) groups is 1. The number of rotatable bonds is 7. The zero-order chi connectivity index (χ0) is 20.8. The summed E-state index contributed by atoms with van der Waals surface area (Å²) in [5, 5.41) is 3.41. The molecule has 156 valence electrons. The highest BCUT2D eigenvalue weighted by atomic mass is 16.5. The third-order valence-electron chi connectivity index (χ3n) is 5.28. The van der Waals surface area contributed by atoms with Crippen molar-refractivity contribution >= 4 is 11.6 Å². The molecule has 0 saturated carbocycles. The number of nitrogens with zero attached hydrogens (tertiary/aromatic N) is 1. The van der Waals surface area contributed by atoms with Gasteiger partial charge in [-0.1, -0.05) is 6.07 Å². The second kappa shape index (κ2) is 9.68. The minimum absolute atomic E-state index is 0.0991. The molecule has 0 unspecified atom stereocenters. The first kappa shape index (κ1) is 21.0. The Morgan fingerprint density at radius 3 is 2.55 bits per heavy atom. The summed E-state index contributed by atoms with van der Waals surface area (Å²) >= 11 is 0. The Morgan fingerprint density at radius 2 is 1.90 bits per heavy atom. The number of benzene rings is 2. The summed E-state index contributed by atoms with van der Waals surface area (Å²) < 4.78 is 11.2. The number of anilines is 1. The lowest BCUT2D eigenvalue weighted by Crippen LogP contribution is -2.41.